The molecule has 346 valence electrons. The SMILES string of the molecule is Cc1cccc(-c2cc3c(c4c2oc2ccccc24)-c2ccc(N(c4ccc5c(c4)C(C)(C)c4c6c(c7c(oc8ccccc87)c4-5)-c4ccccc4C6(C)C)c4ccccc4C(C)(C)C)cc2C3(C)C)c1. The average Bonchev–Trinajstić information content (AvgIpc) is 4.10. The number of furan rings is 2. The third-order valence-electron chi connectivity index (χ3n) is 17.0. The third-order valence-corrected chi connectivity index (χ3v) is 17.0. The highest BCUT2D eigenvalue weighted by Gasteiger charge is 2.49. The molecule has 3 heteroatoms. The number of benzene rings is 9. The molecule has 0 saturated carbocycles. The molecule has 3 aliphatic carbocycles. The van der Waals surface area contributed by atoms with Gasteiger partial charge in [-0.2, -0.15) is 0 Å². The van der Waals surface area contributed by atoms with Crippen LogP contribution in [0, 0.1) is 6.92 Å². The summed E-state index contributed by atoms with van der Waals surface area (Å²) in [6.45, 7) is 23.7. The number of anilines is 3. The maximum absolute atomic E-state index is 7.08. The van der Waals surface area contributed by atoms with E-state index in [1.54, 1.807) is 0 Å². The highest BCUT2D eigenvalue weighted by Crippen LogP contribution is 2.64. The molecule has 9 aromatic carbocycles. The number of hydrogen-bond acceptors (Lipinski definition) is 3. The predicted molar refractivity (Wildman–Crippen MR) is 297 cm³/mol. The van der Waals surface area contributed by atoms with E-state index in [1.165, 1.54) is 105 Å². The van der Waals surface area contributed by atoms with Crippen molar-refractivity contribution in [1.82, 2.24) is 0 Å². The van der Waals surface area contributed by atoms with E-state index in [0.717, 1.165) is 44.7 Å². The summed E-state index contributed by atoms with van der Waals surface area (Å²) in [5.41, 5.74) is 26.9. The quantitative estimate of drug-likeness (QED) is 0.176. The van der Waals surface area contributed by atoms with Crippen molar-refractivity contribution in [1.29, 1.82) is 0 Å². The molecule has 0 saturated heterocycles. The molecule has 0 aliphatic heterocycles. The molecule has 0 fully saturated rings. The van der Waals surface area contributed by atoms with Gasteiger partial charge in [0.2, 0.25) is 0 Å². The second-order valence-electron chi connectivity index (χ2n) is 23.3. The molecule has 0 atom stereocenters. The molecule has 14 rings (SSSR count). The second kappa shape index (κ2) is 14.0. The third kappa shape index (κ3) is 5.55. The van der Waals surface area contributed by atoms with Crippen LogP contribution < -0.4 is 4.90 Å². The molecule has 0 spiro atoms. The maximum Gasteiger partial charge on any atom is 0.144 e. The van der Waals surface area contributed by atoms with Crippen molar-refractivity contribution in [3.8, 4) is 44.5 Å². The van der Waals surface area contributed by atoms with E-state index >= 15 is 0 Å². The van der Waals surface area contributed by atoms with Crippen LogP contribution in [0.15, 0.2) is 173 Å². The van der Waals surface area contributed by atoms with Crippen LogP contribution in [0.4, 0.5) is 17.1 Å². The van der Waals surface area contributed by atoms with Crippen LogP contribution in [-0.4, -0.2) is 0 Å². The van der Waals surface area contributed by atoms with Crippen molar-refractivity contribution in [3.63, 3.8) is 0 Å². The van der Waals surface area contributed by atoms with E-state index < -0.39 is 0 Å². The van der Waals surface area contributed by atoms with E-state index in [-0.39, 0.29) is 21.7 Å². The first kappa shape index (κ1) is 42.3. The van der Waals surface area contributed by atoms with Crippen LogP contribution in [0.25, 0.3) is 88.4 Å². The van der Waals surface area contributed by atoms with Crippen molar-refractivity contribution in [2.75, 3.05) is 4.90 Å². The normalized spacial score (nSPS) is 15.5. The molecule has 3 aliphatic rings. The first-order chi connectivity index (χ1) is 34.0. The molecule has 0 amide bonds. The van der Waals surface area contributed by atoms with Crippen LogP contribution in [0.5, 0.6) is 0 Å². The lowest BCUT2D eigenvalue weighted by molar-refractivity contribution is 0.591. The summed E-state index contributed by atoms with van der Waals surface area (Å²) in [4.78, 5) is 2.54. The Labute approximate surface area is 416 Å². The summed E-state index contributed by atoms with van der Waals surface area (Å²) in [6.07, 6.45) is 0. The lowest BCUT2D eigenvalue weighted by Crippen LogP contribution is -2.24. The minimum absolute atomic E-state index is 0.124. The summed E-state index contributed by atoms with van der Waals surface area (Å²) in [6, 6.07) is 61.1. The summed E-state index contributed by atoms with van der Waals surface area (Å²) in [7, 11) is 0. The number of nitrogens with zero attached hydrogens (tertiary/aromatic N) is 1. The lowest BCUT2D eigenvalue weighted by Gasteiger charge is -2.34. The summed E-state index contributed by atoms with van der Waals surface area (Å²) in [5.74, 6) is 0. The fourth-order valence-electron chi connectivity index (χ4n) is 13.6. The van der Waals surface area contributed by atoms with Crippen molar-refractivity contribution in [2.45, 2.75) is 90.9 Å². The van der Waals surface area contributed by atoms with Gasteiger partial charge >= 0.3 is 0 Å². The molecular weight excluding hydrogens is 863 g/mol. The predicted octanol–water partition coefficient (Wildman–Crippen LogP) is 19.1. The second-order valence-corrected chi connectivity index (χ2v) is 23.3. The Kier molecular flexibility index (Phi) is 8.36. The number of rotatable bonds is 4. The van der Waals surface area contributed by atoms with Crippen LogP contribution in [0.3, 0.4) is 0 Å². The van der Waals surface area contributed by atoms with Crippen molar-refractivity contribution in [2.24, 2.45) is 0 Å². The molecule has 0 radical (unpaired) electrons. The number of aryl methyl sites for hydroxylation is 1. The molecule has 2 aromatic heterocycles. The van der Waals surface area contributed by atoms with Gasteiger partial charge in [0.05, 0.1) is 0 Å². The molecule has 11 aromatic rings. The highest BCUT2D eigenvalue weighted by atomic mass is 16.3. The van der Waals surface area contributed by atoms with E-state index in [4.69, 9.17) is 8.83 Å². The highest BCUT2D eigenvalue weighted by molar-refractivity contribution is 6.21. The Balaban J connectivity index is 1.01. The zero-order valence-electron chi connectivity index (χ0n) is 42.4. The maximum atomic E-state index is 7.08. The van der Waals surface area contributed by atoms with Gasteiger partial charge in [-0.3, -0.25) is 0 Å². The van der Waals surface area contributed by atoms with Crippen molar-refractivity contribution in [3.05, 3.63) is 208 Å². The van der Waals surface area contributed by atoms with Gasteiger partial charge in [0.1, 0.15) is 22.3 Å². The fourth-order valence-corrected chi connectivity index (χ4v) is 13.6. The number of fused-ring (bicyclic) bond motifs is 19. The van der Waals surface area contributed by atoms with Gasteiger partial charge in [-0.1, -0.05) is 183 Å². The van der Waals surface area contributed by atoms with E-state index in [2.05, 4.69) is 238 Å². The smallest absolute Gasteiger partial charge is 0.144 e. The Morgan fingerprint density at radius 2 is 0.972 bits per heavy atom. The van der Waals surface area contributed by atoms with E-state index in [9.17, 15) is 0 Å². The molecule has 3 nitrogen and oxygen atoms in total. The van der Waals surface area contributed by atoms with Gasteiger partial charge < -0.3 is 13.7 Å². The fraction of sp³-hybridized carbons (Fsp3) is 0.206. The monoisotopic (exact) mass is 919 g/mol. The van der Waals surface area contributed by atoms with Gasteiger partial charge in [-0.25, -0.2) is 0 Å². The van der Waals surface area contributed by atoms with Crippen LogP contribution >= 0.6 is 0 Å². The zero-order chi connectivity index (χ0) is 48.7. The Hall–Kier alpha value is -7.62. The van der Waals surface area contributed by atoms with Crippen LogP contribution in [-0.2, 0) is 21.7 Å². The molecule has 0 N–H and O–H groups in total. The van der Waals surface area contributed by atoms with Gasteiger partial charge in [0.25, 0.3) is 0 Å². The van der Waals surface area contributed by atoms with Crippen molar-refractivity contribution >= 4 is 60.9 Å². The lowest BCUT2D eigenvalue weighted by atomic mass is 9.72. The molecule has 0 unspecified atom stereocenters. The molecule has 2 heterocycles. The van der Waals surface area contributed by atoms with E-state index in [0.29, 0.717) is 0 Å². The number of hydrogen-bond donors (Lipinski definition) is 0. The van der Waals surface area contributed by atoms with Gasteiger partial charge in [0, 0.05) is 66.0 Å². The molecular formula is C68H57NO2. The van der Waals surface area contributed by atoms with Crippen LogP contribution in [0.2, 0.25) is 0 Å². The van der Waals surface area contributed by atoms with Crippen LogP contribution in [0.1, 0.15) is 107 Å². The Morgan fingerprint density at radius 1 is 0.423 bits per heavy atom. The standard InChI is InChI=1S/C68H57NO2/c1-38-20-19-21-39(34-38)47-37-52-56(58-45-23-12-17-28-54(45)70-63(47)58)43-32-30-40(35-50(43)66(52,5)6)69(53-27-16-15-26-49(53)65(2,3)4)41-31-33-44-51(36-41)68(9,10)62-60(44)64-59(46-24-13-18-29-55(46)71-64)57-42-22-11-14-25-48(42)67(7,8)61(57)62/h11-37H,1-10H3. The summed E-state index contributed by atoms with van der Waals surface area (Å²) < 4.78 is 13.9. The first-order valence-electron chi connectivity index (χ1n) is 25.4. The van der Waals surface area contributed by atoms with E-state index in [1.807, 2.05) is 0 Å². The average molecular weight is 920 g/mol. The summed E-state index contributed by atoms with van der Waals surface area (Å²) >= 11 is 0. The first-order valence-corrected chi connectivity index (χ1v) is 25.4. The van der Waals surface area contributed by atoms with Crippen molar-refractivity contribution < 1.29 is 8.83 Å². The van der Waals surface area contributed by atoms with Gasteiger partial charge in [-0.05, 0) is 133 Å². The summed E-state index contributed by atoms with van der Waals surface area (Å²) in [5, 5.41) is 4.76. The van der Waals surface area contributed by atoms with Gasteiger partial charge in [0.15, 0.2) is 0 Å². The Bertz CT molecular complexity index is 4140. The number of para-hydroxylation sites is 3. The topological polar surface area (TPSA) is 29.5 Å². The van der Waals surface area contributed by atoms with Gasteiger partial charge in [-0.15, -0.1) is 0 Å². The Morgan fingerprint density at radius 3 is 1.66 bits per heavy atom. The zero-order valence-corrected chi connectivity index (χ0v) is 42.4. The largest absolute Gasteiger partial charge is 0.455 e. The minimum atomic E-state index is -0.345. The molecule has 71 heavy (non-hydrogen) atoms. The minimum Gasteiger partial charge on any atom is -0.455 e. The molecule has 0 bridgehead atoms.